The van der Waals surface area contributed by atoms with E-state index in [1.807, 2.05) is 0 Å². The molecule has 0 amide bonds. The summed E-state index contributed by atoms with van der Waals surface area (Å²) in [6.07, 6.45) is 0. The van der Waals surface area contributed by atoms with E-state index in [0.717, 1.165) is 4.47 Å². The van der Waals surface area contributed by atoms with Gasteiger partial charge in [-0.1, -0.05) is 28.1 Å². The predicted molar refractivity (Wildman–Crippen MR) is 84.2 cm³/mol. The van der Waals surface area contributed by atoms with E-state index >= 15 is 0 Å². The van der Waals surface area contributed by atoms with E-state index in [-0.39, 0.29) is 10.7 Å². The van der Waals surface area contributed by atoms with Crippen LogP contribution in [-0.4, -0.2) is 4.99 Å². The number of hydrogen-bond donors (Lipinski definition) is 1. The van der Waals surface area contributed by atoms with Crippen molar-refractivity contribution < 1.29 is 9.13 Å². The maximum Gasteiger partial charge on any atom is 0.165 e. The molecule has 98 valence electrons. The highest BCUT2D eigenvalue weighted by atomic mass is 79.9. The summed E-state index contributed by atoms with van der Waals surface area (Å²) >= 11 is 11.5. The van der Waals surface area contributed by atoms with Gasteiger partial charge in [0.25, 0.3) is 0 Å². The highest BCUT2D eigenvalue weighted by molar-refractivity contribution is 9.10. The van der Waals surface area contributed by atoms with Crippen molar-refractivity contribution in [3.63, 3.8) is 0 Å². The zero-order chi connectivity index (χ0) is 14.0. The number of ether oxygens (including phenoxy) is 1. The fourth-order valence-corrected chi connectivity index (χ4v) is 2.66. The molecule has 2 N–H and O–H groups in total. The van der Waals surface area contributed by atoms with E-state index in [2.05, 4.69) is 31.9 Å². The van der Waals surface area contributed by atoms with Crippen molar-refractivity contribution >= 4 is 49.1 Å². The van der Waals surface area contributed by atoms with Gasteiger partial charge in [0.1, 0.15) is 10.7 Å². The van der Waals surface area contributed by atoms with E-state index < -0.39 is 5.82 Å². The molecule has 0 spiro atoms. The minimum atomic E-state index is -0.433. The SMILES string of the molecule is NC(=S)c1ccc(Oc2cc(Br)ccc2F)cc1Br. The van der Waals surface area contributed by atoms with Crippen LogP contribution in [-0.2, 0) is 0 Å². The predicted octanol–water partition coefficient (Wildman–Crippen LogP) is 4.78. The third-order valence-electron chi connectivity index (χ3n) is 2.33. The van der Waals surface area contributed by atoms with E-state index in [1.165, 1.54) is 6.07 Å². The fourth-order valence-electron chi connectivity index (χ4n) is 1.44. The highest BCUT2D eigenvalue weighted by Gasteiger charge is 2.08. The second kappa shape index (κ2) is 5.98. The molecule has 0 heterocycles. The van der Waals surface area contributed by atoms with Crippen LogP contribution in [0.4, 0.5) is 4.39 Å². The lowest BCUT2D eigenvalue weighted by Gasteiger charge is -2.09. The Balaban J connectivity index is 2.31. The zero-order valence-electron chi connectivity index (χ0n) is 9.49. The molecule has 0 unspecified atom stereocenters. The van der Waals surface area contributed by atoms with Crippen molar-refractivity contribution in [2.24, 2.45) is 5.73 Å². The Kier molecular flexibility index (Phi) is 4.54. The summed E-state index contributed by atoms with van der Waals surface area (Å²) in [5.41, 5.74) is 6.26. The summed E-state index contributed by atoms with van der Waals surface area (Å²) in [6, 6.07) is 9.59. The number of halogens is 3. The second-order valence-corrected chi connectivity index (χ2v) is 5.89. The summed E-state index contributed by atoms with van der Waals surface area (Å²) in [5.74, 6) is 0.200. The van der Waals surface area contributed by atoms with Gasteiger partial charge in [0.05, 0.1) is 0 Å². The lowest BCUT2D eigenvalue weighted by molar-refractivity contribution is 0.441. The molecule has 2 nitrogen and oxygen atoms in total. The average molecular weight is 405 g/mol. The summed E-state index contributed by atoms with van der Waals surface area (Å²) < 4.78 is 20.5. The summed E-state index contributed by atoms with van der Waals surface area (Å²) in [7, 11) is 0. The maximum atomic E-state index is 13.6. The van der Waals surface area contributed by atoms with E-state index in [4.69, 9.17) is 22.7 Å². The average Bonchev–Trinajstić information content (AvgIpc) is 2.33. The maximum absolute atomic E-state index is 13.6. The lowest BCUT2D eigenvalue weighted by atomic mass is 10.2. The van der Waals surface area contributed by atoms with Crippen LogP contribution in [0.3, 0.4) is 0 Å². The molecule has 0 aromatic heterocycles. The number of hydrogen-bond acceptors (Lipinski definition) is 2. The third kappa shape index (κ3) is 3.52. The van der Waals surface area contributed by atoms with Gasteiger partial charge in [0.15, 0.2) is 11.6 Å². The van der Waals surface area contributed by atoms with Gasteiger partial charge < -0.3 is 10.5 Å². The Hall–Kier alpha value is -0.980. The minimum Gasteiger partial charge on any atom is -0.454 e. The first-order chi connectivity index (χ1) is 8.97. The van der Waals surface area contributed by atoms with Gasteiger partial charge in [-0.05, 0) is 52.3 Å². The molecule has 0 saturated heterocycles. The standard InChI is InChI=1S/C13H8Br2FNOS/c14-7-1-4-11(16)12(5-7)18-8-2-3-9(13(17)19)10(15)6-8/h1-6H,(H2,17,19). The lowest BCUT2D eigenvalue weighted by Crippen LogP contribution is -2.09. The zero-order valence-corrected chi connectivity index (χ0v) is 13.5. The van der Waals surface area contributed by atoms with Crippen LogP contribution < -0.4 is 10.5 Å². The molecule has 2 rings (SSSR count). The molecule has 0 bridgehead atoms. The van der Waals surface area contributed by atoms with Gasteiger partial charge in [-0.25, -0.2) is 4.39 Å². The van der Waals surface area contributed by atoms with Gasteiger partial charge in [-0.2, -0.15) is 0 Å². The van der Waals surface area contributed by atoms with Crippen LogP contribution in [0.25, 0.3) is 0 Å². The number of rotatable bonds is 3. The Morgan fingerprint density at radius 3 is 2.53 bits per heavy atom. The molecule has 0 fully saturated rings. The van der Waals surface area contributed by atoms with Gasteiger partial charge in [0.2, 0.25) is 0 Å². The summed E-state index contributed by atoms with van der Waals surface area (Å²) in [4.78, 5) is 0.284. The molecule has 0 aliphatic carbocycles. The van der Waals surface area contributed by atoms with Crippen molar-refractivity contribution in [1.29, 1.82) is 0 Å². The molecule has 6 heteroatoms. The van der Waals surface area contributed by atoms with E-state index in [9.17, 15) is 4.39 Å². The number of thiocarbonyl (C=S) groups is 1. The first-order valence-electron chi connectivity index (χ1n) is 5.19. The molecular weight excluding hydrogens is 397 g/mol. The molecule has 2 aromatic carbocycles. The molecule has 2 aromatic rings. The molecular formula is C13H8Br2FNOS. The van der Waals surface area contributed by atoms with Crippen molar-refractivity contribution in [2.75, 3.05) is 0 Å². The Morgan fingerprint density at radius 2 is 1.89 bits per heavy atom. The summed E-state index contributed by atoms with van der Waals surface area (Å²) in [5, 5.41) is 0. The molecule has 0 saturated carbocycles. The second-order valence-electron chi connectivity index (χ2n) is 3.68. The van der Waals surface area contributed by atoms with Crippen LogP contribution in [0.1, 0.15) is 5.56 Å². The number of benzene rings is 2. The van der Waals surface area contributed by atoms with Crippen LogP contribution in [0.2, 0.25) is 0 Å². The number of nitrogens with two attached hydrogens (primary N) is 1. The van der Waals surface area contributed by atoms with Gasteiger partial charge in [0, 0.05) is 14.5 Å². The van der Waals surface area contributed by atoms with Crippen molar-refractivity contribution in [3.05, 3.63) is 56.7 Å². The molecule has 0 aliphatic rings. The molecule has 19 heavy (non-hydrogen) atoms. The van der Waals surface area contributed by atoms with E-state index in [0.29, 0.717) is 15.8 Å². The smallest absolute Gasteiger partial charge is 0.165 e. The van der Waals surface area contributed by atoms with Crippen LogP contribution in [0, 0.1) is 5.82 Å². The first-order valence-corrected chi connectivity index (χ1v) is 7.19. The minimum absolute atomic E-state index is 0.143. The topological polar surface area (TPSA) is 35.2 Å². The van der Waals surface area contributed by atoms with Gasteiger partial charge >= 0.3 is 0 Å². The Bertz CT molecular complexity index is 649. The highest BCUT2D eigenvalue weighted by Crippen LogP contribution is 2.30. The Labute approximate surface area is 132 Å². The van der Waals surface area contributed by atoms with Crippen molar-refractivity contribution in [2.45, 2.75) is 0 Å². The van der Waals surface area contributed by atoms with Crippen molar-refractivity contribution in [1.82, 2.24) is 0 Å². The van der Waals surface area contributed by atoms with Crippen molar-refractivity contribution in [3.8, 4) is 11.5 Å². The fraction of sp³-hybridized carbons (Fsp3) is 0. The molecule has 0 atom stereocenters. The van der Waals surface area contributed by atoms with Crippen LogP contribution in [0.15, 0.2) is 45.3 Å². The molecule has 0 aliphatic heterocycles. The van der Waals surface area contributed by atoms with Gasteiger partial charge in [-0.15, -0.1) is 0 Å². The monoisotopic (exact) mass is 403 g/mol. The normalized spacial score (nSPS) is 10.3. The van der Waals surface area contributed by atoms with Crippen LogP contribution in [0.5, 0.6) is 11.5 Å². The largest absolute Gasteiger partial charge is 0.454 e. The van der Waals surface area contributed by atoms with Crippen LogP contribution >= 0.6 is 44.1 Å². The summed E-state index contributed by atoms with van der Waals surface area (Å²) in [6.45, 7) is 0. The Morgan fingerprint density at radius 1 is 1.16 bits per heavy atom. The van der Waals surface area contributed by atoms with Gasteiger partial charge in [-0.3, -0.25) is 0 Å². The van der Waals surface area contributed by atoms with E-state index in [1.54, 1.807) is 30.3 Å². The molecule has 0 radical (unpaired) electrons. The quantitative estimate of drug-likeness (QED) is 0.747. The third-order valence-corrected chi connectivity index (χ3v) is 3.70. The first kappa shape index (κ1) is 14.4.